The summed E-state index contributed by atoms with van der Waals surface area (Å²) in [6.45, 7) is 3.72. The molecule has 19 heteroatoms. The van der Waals surface area contributed by atoms with Gasteiger partial charge in [0.05, 0.1) is 6.54 Å². The molecule has 0 saturated heterocycles. The van der Waals surface area contributed by atoms with Crippen LogP contribution in [0.2, 0.25) is 0 Å². The SMILES string of the molecule is BrCc1cccc(Br)c1.Cc1ccc(C(=O)Nc2ccc(OC(F)(F)F)cc2)c(=O)[nH]1.Cc1ccc(C(=O)Nc2ccc(OC(F)(F)F)cc2)c(=O)n1Cc1cccc(Br)c1. The lowest BCUT2D eigenvalue weighted by Crippen LogP contribution is -2.30. The minimum Gasteiger partial charge on any atom is -0.406 e. The molecule has 2 aromatic heterocycles. The molecule has 0 aliphatic heterocycles. The van der Waals surface area contributed by atoms with Crippen LogP contribution in [0.3, 0.4) is 0 Å². The fourth-order valence-electron chi connectivity index (χ4n) is 5.11. The summed E-state index contributed by atoms with van der Waals surface area (Å²) in [6, 6.07) is 31.0. The maximum Gasteiger partial charge on any atom is 0.573 e. The number of H-pyrrole nitrogens is 1. The Morgan fingerprint density at radius 2 is 1.10 bits per heavy atom. The van der Waals surface area contributed by atoms with E-state index in [0.717, 1.165) is 44.1 Å². The maximum atomic E-state index is 12.9. The Hall–Kier alpha value is -5.66. The van der Waals surface area contributed by atoms with Crippen LogP contribution in [-0.4, -0.2) is 34.1 Å². The Morgan fingerprint density at radius 3 is 1.54 bits per heavy atom. The van der Waals surface area contributed by atoms with Gasteiger partial charge in [0.15, 0.2) is 0 Å². The number of nitrogens with one attached hydrogen (secondary N) is 3. The number of carbonyl (C=O) groups excluding carboxylic acids is 2. The molecule has 0 bridgehead atoms. The van der Waals surface area contributed by atoms with Crippen molar-refractivity contribution in [3.63, 3.8) is 0 Å². The molecule has 0 radical (unpaired) electrons. The van der Waals surface area contributed by atoms with Crippen molar-refractivity contribution in [2.45, 2.75) is 38.4 Å². The number of rotatable bonds is 9. The molecule has 10 nitrogen and oxygen atoms in total. The van der Waals surface area contributed by atoms with Crippen molar-refractivity contribution in [3.8, 4) is 11.5 Å². The third-order valence-corrected chi connectivity index (χ3v) is 9.54. The van der Waals surface area contributed by atoms with E-state index in [9.17, 15) is 45.5 Å². The average molecular weight is 1040 g/mol. The number of alkyl halides is 7. The van der Waals surface area contributed by atoms with Gasteiger partial charge in [0.2, 0.25) is 0 Å². The van der Waals surface area contributed by atoms with Crippen molar-refractivity contribution in [2.75, 3.05) is 10.6 Å². The summed E-state index contributed by atoms with van der Waals surface area (Å²) in [7, 11) is 0. The van der Waals surface area contributed by atoms with E-state index in [1.54, 1.807) is 26.0 Å². The van der Waals surface area contributed by atoms with Crippen molar-refractivity contribution in [1.82, 2.24) is 9.55 Å². The monoisotopic (exact) mass is 1040 g/mol. The van der Waals surface area contributed by atoms with Gasteiger partial charge in [-0.25, -0.2) is 0 Å². The van der Waals surface area contributed by atoms with Gasteiger partial charge in [0.25, 0.3) is 22.9 Å². The van der Waals surface area contributed by atoms with E-state index in [0.29, 0.717) is 11.4 Å². The van der Waals surface area contributed by atoms with E-state index in [1.165, 1.54) is 46.5 Å². The molecule has 6 aromatic rings. The predicted molar refractivity (Wildman–Crippen MR) is 229 cm³/mol. The van der Waals surface area contributed by atoms with Crippen LogP contribution in [0.1, 0.15) is 43.2 Å². The fourth-order valence-corrected chi connectivity index (χ4v) is 6.35. The van der Waals surface area contributed by atoms with Gasteiger partial charge in [0, 0.05) is 37.0 Å². The number of aryl methyl sites for hydroxylation is 2. The fraction of sp³-hybridized carbons (Fsp3) is 0.143. The minimum absolute atomic E-state index is 0.0776. The molecule has 0 spiro atoms. The number of halogens is 9. The molecule has 0 fully saturated rings. The lowest BCUT2D eigenvalue weighted by molar-refractivity contribution is -0.275. The second kappa shape index (κ2) is 21.7. The molecular formula is C42H33Br3F6N4O6. The molecule has 0 aliphatic rings. The quantitative estimate of drug-likeness (QED) is 0.0976. The van der Waals surface area contributed by atoms with Crippen molar-refractivity contribution in [2.24, 2.45) is 0 Å². The van der Waals surface area contributed by atoms with Crippen LogP contribution >= 0.6 is 47.8 Å². The first-order valence-corrected chi connectivity index (χ1v) is 20.2. The summed E-state index contributed by atoms with van der Waals surface area (Å²) in [6.07, 6.45) is -9.58. The summed E-state index contributed by atoms with van der Waals surface area (Å²) in [5.74, 6) is -2.14. The van der Waals surface area contributed by atoms with Gasteiger partial charge in [-0.05, 0) is 122 Å². The van der Waals surface area contributed by atoms with Crippen LogP contribution in [0.4, 0.5) is 37.7 Å². The number of ether oxygens (including phenoxy) is 2. The second-order valence-corrected chi connectivity index (χ2v) is 15.0. The lowest BCUT2D eigenvalue weighted by atomic mass is 10.2. The standard InChI is InChI=1S/C21H16BrF3N2O3.C14H11F3N2O3.C7H6Br2/c1-13-5-10-18(20(29)27(13)12-14-3-2-4-15(22)11-14)19(28)26-16-6-8-17(9-7-16)30-21(23,24)25;1-8-2-7-11(12(20)18-8)13(21)19-9-3-5-10(6-4-9)22-14(15,16)17;8-5-6-2-1-3-7(9)4-6/h2-11H,12H2,1H3,(H,26,28);2-7H,1H3,(H,18,20)(H,19,21);1-4H,5H2. The van der Waals surface area contributed by atoms with Gasteiger partial charge < -0.3 is 29.7 Å². The zero-order valence-electron chi connectivity index (χ0n) is 31.8. The molecular weight excluding hydrogens is 1010 g/mol. The van der Waals surface area contributed by atoms with E-state index in [1.807, 2.05) is 36.4 Å². The van der Waals surface area contributed by atoms with Crippen LogP contribution < -0.4 is 31.2 Å². The third-order valence-electron chi connectivity index (χ3n) is 7.90. The van der Waals surface area contributed by atoms with Crippen molar-refractivity contribution in [3.05, 3.63) is 185 Å². The van der Waals surface area contributed by atoms with Gasteiger partial charge in [0.1, 0.15) is 22.6 Å². The number of amides is 2. The predicted octanol–water partition coefficient (Wildman–Crippen LogP) is 11.3. The normalized spacial score (nSPS) is 10.9. The van der Waals surface area contributed by atoms with E-state index in [-0.39, 0.29) is 29.0 Å². The molecule has 0 unspecified atom stereocenters. The van der Waals surface area contributed by atoms with Crippen LogP contribution in [0.15, 0.2) is 140 Å². The van der Waals surface area contributed by atoms with Crippen LogP contribution in [0.25, 0.3) is 0 Å². The summed E-state index contributed by atoms with van der Waals surface area (Å²) in [5.41, 5.74) is 2.75. The summed E-state index contributed by atoms with van der Waals surface area (Å²) in [4.78, 5) is 51.5. The third kappa shape index (κ3) is 16.0. The van der Waals surface area contributed by atoms with E-state index in [4.69, 9.17) is 0 Å². The number of pyridine rings is 2. The zero-order chi connectivity index (χ0) is 44.9. The molecule has 6 rings (SSSR count). The number of carbonyl (C=O) groups is 2. The van der Waals surface area contributed by atoms with Gasteiger partial charge in [-0.2, -0.15) is 0 Å². The first-order valence-electron chi connectivity index (χ1n) is 17.5. The number of aromatic nitrogens is 2. The summed E-state index contributed by atoms with van der Waals surface area (Å²) >= 11 is 10.1. The Morgan fingerprint density at radius 1 is 0.639 bits per heavy atom. The maximum absolute atomic E-state index is 12.9. The highest BCUT2D eigenvalue weighted by Gasteiger charge is 2.31. The molecule has 4 aromatic carbocycles. The lowest BCUT2D eigenvalue weighted by Gasteiger charge is -2.13. The average Bonchev–Trinajstić information content (AvgIpc) is 3.17. The Balaban J connectivity index is 0.000000230. The van der Waals surface area contributed by atoms with Crippen molar-refractivity contribution >= 4 is 71.0 Å². The van der Waals surface area contributed by atoms with Crippen LogP contribution in [0.5, 0.6) is 11.5 Å². The van der Waals surface area contributed by atoms with E-state index < -0.39 is 47.2 Å². The van der Waals surface area contributed by atoms with Gasteiger partial charge in [-0.3, -0.25) is 19.2 Å². The second-order valence-electron chi connectivity index (χ2n) is 12.6. The topological polar surface area (TPSA) is 132 Å². The highest BCUT2D eigenvalue weighted by molar-refractivity contribution is 9.10. The Bertz CT molecular complexity index is 2560. The van der Waals surface area contributed by atoms with Gasteiger partial charge in [-0.15, -0.1) is 26.3 Å². The summed E-state index contributed by atoms with van der Waals surface area (Å²) < 4.78 is 83.8. The summed E-state index contributed by atoms with van der Waals surface area (Å²) in [5, 5.41) is 5.85. The van der Waals surface area contributed by atoms with Crippen molar-refractivity contribution in [1.29, 1.82) is 0 Å². The van der Waals surface area contributed by atoms with E-state index >= 15 is 0 Å². The number of benzene rings is 4. The minimum atomic E-state index is -4.80. The number of anilines is 2. The van der Waals surface area contributed by atoms with Gasteiger partial charge >= 0.3 is 12.7 Å². The highest BCUT2D eigenvalue weighted by Crippen LogP contribution is 2.25. The molecule has 2 heterocycles. The smallest absolute Gasteiger partial charge is 0.406 e. The molecule has 2 amide bonds. The highest BCUT2D eigenvalue weighted by atomic mass is 79.9. The number of aromatic amines is 1. The molecule has 0 saturated carbocycles. The number of hydrogen-bond donors (Lipinski definition) is 3. The first-order chi connectivity index (χ1) is 28.7. The molecule has 3 N–H and O–H groups in total. The molecule has 61 heavy (non-hydrogen) atoms. The number of nitrogens with zero attached hydrogens (tertiary/aromatic N) is 1. The van der Waals surface area contributed by atoms with Crippen LogP contribution in [0, 0.1) is 13.8 Å². The van der Waals surface area contributed by atoms with Crippen LogP contribution in [-0.2, 0) is 11.9 Å². The van der Waals surface area contributed by atoms with Crippen molar-refractivity contribution < 1.29 is 45.4 Å². The Kier molecular flexibility index (Phi) is 17.1. The Labute approximate surface area is 369 Å². The molecule has 0 aliphatic carbocycles. The number of hydrogen-bond acceptors (Lipinski definition) is 6. The molecule has 320 valence electrons. The first kappa shape index (κ1) is 48.0. The molecule has 0 atom stereocenters. The van der Waals surface area contributed by atoms with E-state index in [2.05, 4.69) is 85.0 Å². The largest absolute Gasteiger partial charge is 0.573 e. The zero-order valence-corrected chi connectivity index (χ0v) is 36.5. The van der Waals surface area contributed by atoms with Gasteiger partial charge in [-0.1, -0.05) is 72.1 Å².